The molecule has 0 saturated heterocycles. The Morgan fingerprint density at radius 2 is 1.60 bits per heavy atom. The molecule has 0 aliphatic rings. The van der Waals surface area contributed by atoms with Gasteiger partial charge in [0.1, 0.15) is 0 Å². The number of amides is 1. The smallest absolute Gasteiger partial charge is 0.357 e. The van der Waals surface area contributed by atoms with Crippen LogP contribution in [0.3, 0.4) is 0 Å². The maximum Gasteiger partial charge on any atom is 0.416 e. The van der Waals surface area contributed by atoms with Gasteiger partial charge in [-0.15, -0.1) is 24.0 Å². The lowest BCUT2D eigenvalue weighted by Crippen LogP contribution is -2.43. The lowest BCUT2D eigenvalue weighted by Gasteiger charge is -2.12. The zero-order valence-corrected chi connectivity index (χ0v) is 19.0. The van der Waals surface area contributed by atoms with E-state index in [-0.39, 0.29) is 43.0 Å². The monoisotopic (exact) mass is 534 g/mol. The van der Waals surface area contributed by atoms with E-state index in [1.54, 1.807) is 0 Å². The quantitative estimate of drug-likeness (QED) is 0.275. The number of nitrogens with one attached hydrogen (secondary N) is 3. The van der Waals surface area contributed by atoms with Crippen LogP contribution in [-0.2, 0) is 23.9 Å². The van der Waals surface area contributed by atoms with Gasteiger partial charge < -0.3 is 16.0 Å². The fourth-order valence-electron chi connectivity index (χ4n) is 2.53. The average Bonchev–Trinajstić information content (AvgIpc) is 2.70. The summed E-state index contributed by atoms with van der Waals surface area (Å²) in [7, 11) is 0. The van der Waals surface area contributed by atoms with Crippen LogP contribution in [0.2, 0.25) is 0 Å². The SMILES string of the molecule is CCNC(=NCc1ccc(C(F)(F)F)cc1)NCC(=O)NCCc1ccccc1.I. The Kier molecular flexibility index (Phi) is 11.2. The molecule has 164 valence electrons. The number of carbonyl (C=O) groups excluding carboxylic acids is 1. The van der Waals surface area contributed by atoms with E-state index < -0.39 is 11.7 Å². The molecule has 30 heavy (non-hydrogen) atoms. The molecule has 5 nitrogen and oxygen atoms in total. The van der Waals surface area contributed by atoms with Gasteiger partial charge in [-0.3, -0.25) is 4.79 Å². The van der Waals surface area contributed by atoms with E-state index >= 15 is 0 Å². The van der Waals surface area contributed by atoms with E-state index in [0.717, 1.165) is 24.1 Å². The second kappa shape index (κ2) is 13.1. The van der Waals surface area contributed by atoms with Crippen molar-refractivity contribution in [3.63, 3.8) is 0 Å². The predicted octanol–water partition coefficient (Wildman–Crippen LogP) is 3.74. The number of benzene rings is 2. The summed E-state index contributed by atoms with van der Waals surface area (Å²) < 4.78 is 37.8. The summed E-state index contributed by atoms with van der Waals surface area (Å²) in [5.41, 5.74) is 1.09. The molecule has 0 atom stereocenters. The van der Waals surface area contributed by atoms with Crippen molar-refractivity contribution in [1.82, 2.24) is 16.0 Å². The van der Waals surface area contributed by atoms with Crippen molar-refractivity contribution in [3.05, 3.63) is 71.3 Å². The van der Waals surface area contributed by atoms with Crippen LogP contribution in [0.1, 0.15) is 23.6 Å². The number of halogens is 4. The molecule has 3 N–H and O–H groups in total. The number of hydrogen-bond acceptors (Lipinski definition) is 2. The standard InChI is InChI=1S/C21H25F3N4O.HI/c1-2-25-20(27-14-17-8-10-18(11-9-17)21(22,23)24)28-15-19(29)26-13-12-16-6-4-3-5-7-16;/h3-11H,2,12-15H2,1H3,(H,26,29)(H2,25,27,28);1H. The van der Waals surface area contributed by atoms with E-state index in [9.17, 15) is 18.0 Å². The third-order valence-electron chi connectivity index (χ3n) is 4.04. The summed E-state index contributed by atoms with van der Waals surface area (Å²) in [6.45, 7) is 3.25. The predicted molar refractivity (Wildman–Crippen MR) is 123 cm³/mol. The van der Waals surface area contributed by atoms with Crippen molar-refractivity contribution in [3.8, 4) is 0 Å². The molecule has 0 aliphatic heterocycles. The zero-order chi connectivity index (χ0) is 21.1. The highest BCUT2D eigenvalue weighted by molar-refractivity contribution is 14.0. The Morgan fingerprint density at radius 1 is 0.933 bits per heavy atom. The van der Waals surface area contributed by atoms with Gasteiger partial charge in [0.15, 0.2) is 5.96 Å². The van der Waals surface area contributed by atoms with E-state index in [1.165, 1.54) is 12.1 Å². The van der Waals surface area contributed by atoms with E-state index in [4.69, 9.17) is 0 Å². The summed E-state index contributed by atoms with van der Waals surface area (Å²) in [5.74, 6) is 0.256. The third-order valence-corrected chi connectivity index (χ3v) is 4.04. The largest absolute Gasteiger partial charge is 0.416 e. The number of guanidine groups is 1. The van der Waals surface area contributed by atoms with Gasteiger partial charge in [-0.2, -0.15) is 13.2 Å². The number of aliphatic imine (C=N–C) groups is 1. The van der Waals surface area contributed by atoms with Crippen LogP contribution < -0.4 is 16.0 Å². The molecule has 0 saturated carbocycles. The second-order valence-electron chi connectivity index (χ2n) is 6.33. The second-order valence-corrected chi connectivity index (χ2v) is 6.33. The normalized spacial score (nSPS) is 11.4. The molecule has 9 heteroatoms. The van der Waals surface area contributed by atoms with Gasteiger partial charge in [0.2, 0.25) is 5.91 Å². The topological polar surface area (TPSA) is 65.5 Å². The van der Waals surface area contributed by atoms with Gasteiger partial charge in [-0.05, 0) is 36.6 Å². The van der Waals surface area contributed by atoms with Gasteiger partial charge in [0, 0.05) is 13.1 Å². The summed E-state index contributed by atoms with van der Waals surface area (Å²) in [6.07, 6.45) is -3.61. The fraction of sp³-hybridized carbons (Fsp3) is 0.333. The Hall–Kier alpha value is -2.30. The highest BCUT2D eigenvalue weighted by Crippen LogP contribution is 2.29. The maximum atomic E-state index is 12.6. The van der Waals surface area contributed by atoms with Gasteiger partial charge in [0.05, 0.1) is 18.7 Å². The molecule has 1 amide bonds. The molecule has 0 heterocycles. The van der Waals surface area contributed by atoms with Crippen LogP contribution in [-0.4, -0.2) is 31.5 Å². The van der Waals surface area contributed by atoms with E-state index in [1.807, 2.05) is 37.3 Å². The molecule has 0 spiro atoms. The summed E-state index contributed by atoms with van der Waals surface area (Å²) in [5, 5.41) is 8.76. The molecule has 0 bridgehead atoms. The van der Waals surface area contributed by atoms with Crippen molar-refractivity contribution >= 4 is 35.8 Å². The number of rotatable bonds is 8. The van der Waals surface area contributed by atoms with Crippen LogP contribution in [0.5, 0.6) is 0 Å². The molecule has 0 aromatic heterocycles. The van der Waals surface area contributed by atoms with Crippen molar-refractivity contribution in [1.29, 1.82) is 0 Å². The minimum atomic E-state index is -4.36. The average molecular weight is 534 g/mol. The van der Waals surface area contributed by atoms with Crippen molar-refractivity contribution in [2.24, 2.45) is 4.99 Å². The van der Waals surface area contributed by atoms with Crippen LogP contribution >= 0.6 is 24.0 Å². The Balaban J connectivity index is 0.00000450. The Bertz CT molecular complexity index is 796. The minimum absolute atomic E-state index is 0. The van der Waals surface area contributed by atoms with Gasteiger partial charge in [-0.1, -0.05) is 42.5 Å². The Morgan fingerprint density at radius 3 is 2.20 bits per heavy atom. The third kappa shape index (κ3) is 9.47. The molecule has 2 aromatic carbocycles. The van der Waals surface area contributed by atoms with Gasteiger partial charge in [0.25, 0.3) is 0 Å². The Labute approximate surface area is 191 Å². The number of nitrogens with zero attached hydrogens (tertiary/aromatic N) is 1. The lowest BCUT2D eigenvalue weighted by molar-refractivity contribution is -0.137. The molecule has 2 aromatic rings. The highest BCUT2D eigenvalue weighted by Gasteiger charge is 2.29. The van der Waals surface area contributed by atoms with E-state index in [2.05, 4.69) is 20.9 Å². The molecule has 0 fully saturated rings. The highest BCUT2D eigenvalue weighted by atomic mass is 127. The molecular formula is C21H26F3IN4O. The number of alkyl halides is 3. The van der Waals surface area contributed by atoms with Crippen LogP contribution in [0.4, 0.5) is 13.2 Å². The lowest BCUT2D eigenvalue weighted by atomic mass is 10.1. The minimum Gasteiger partial charge on any atom is -0.357 e. The molecule has 0 aliphatic carbocycles. The van der Waals surface area contributed by atoms with Crippen LogP contribution in [0.25, 0.3) is 0 Å². The van der Waals surface area contributed by atoms with Crippen LogP contribution in [0, 0.1) is 0 Å². The molecule has 0 unspecified atom stereocenters. The van der Waals surface area contributed by atoms with Crippen molar-refractivity contribution in [2.45, 2.75) is 26.1 Å². The molecule has 2 rings (SSSR count). The fourth-order valence-corrected chi connectivity index (χ4v) is 2.53. The molecular weight excluding hydrogens is 508 g/mol. The van der Waals surface area contributed by atoms with Gasteiger partial charge in [-0.25, -0.2) is 4.99 Å². The van der Waals surface area contributed by atoms with E-state index in [0.29, 0.717) is 24.6 Å². The summed E-state index contributed by atoms with van der Waals surface area (Å²) >= 11 is 0. The zero-order valence-electron chi connectivity index (χ0n) is 16.6. The van der Waals surface area contributed by atoms with Crippen LogP contribution in [0.15, 0.2) is 59.6 Å². The van der Waals surface area contributed by atoms with Crippen molar-refractivity contribution < 1.29 is 18.0 Å². The van der Waals surface area contributed by atoms with Crippen molar-refractivity contribution in [2.75, 3.05) is 19.6 Å². The van der Waals surface area contributed by atoms with Gasteiger partial charge >= 0.3 is 6.18 Å². The molecule has 0 radical (unpaired) electrons. The first-order valence-electron chi connectivity index (χ1n) is 9.37. The summed E-state index contributed by atoms with van der Waals surface area (Å²) in [4.78, 5) is 16.3. The first kappa shape index (κ1) is 25.7. The number of hydrogen-bond donors (Lipinski definition) is 3. The maximum absolute atomic E-state index is 12.6. The number of carbonyl (C=O) groups is 1. The first-order chi connectivity index (χ1) is 13.9. The summed E-state index contributed by atoms with van der Waals surface area (Å²) in [6, 6.07) is 14.7. The first-order valence-corrected chi connectivity index (χ1v) is 9.37.